The standard InChI is InChI=1S/C20H16ClF4N5O3/c21-14-10-13(6-7-15(14)22)27-18(30-32-19(31)20(23,24)25)17-16(28-33-29-17)11-26-9-8-12-4-2-1-3-5-12/h1-7,10,26H,8-9,11H2,(H,27,30). The highest BCUT2D eigenvalue weighted by Gasteiger charge is 2.42. The van der Waals surface area contributed by atoms with Gasteiger partial charge in [0.1, 0.15) is 11.5 Å². The van der Waals surface area contributed by atoms with Gasteiger partial charge >= 0.3 is 12.1 Å². The zero-order valence-electron chi connectivity index (χ0n) is 16.7. The van der Waals surface area contributed by atoms with Crippen LogP contribution in [0.25, 0.3) is 0 Å². The van der Waals surface area contributed by atoms with Crippen LogP contribution in [0.2, 0.25) is 5.02 Å². The van der Waals surface area contributed by atoms with Gasteiger partial charge in [-0.05, 0) is 41.9 Å². The van der Waals surface area contributed by atoms with Crippen molar-refractivity contribution in [3.05, 3.63) is 76.3 Å². The van der Waals surface area contributed by atoms with E-state index in [-0.39, 0.29) is 28.6 Å². The number of aromatic nitrogens is 2. The lowest BCUT2D eigenvalue weighted by Gasteiger charge is -2.10. The average Bonchev–Trinajstić information content (AvgIpc) is 3.25. The minimum atomic E-state index is -5.25. The summed E-state index contributed by atoms with van der Waals surface area (Å²) in [5.41, 5.74) is 3.00. The summed E-state index contributed by atoms with van der Waals surface area (Å²) >= 11 is 5.72. The van der Waals surface area contributed by atoms with Crippen LogP contribution in [-0.4, -0.2) is 34.8 Å². The van der Waals surface area contributed by atoms with E-state index in [9.17, 15) is 22.4 Å². The fraction of sp³-hybridized carbons (Fsp3) is 0.200. The van der Waals surface area contributed by atoms with Crippen molar-refractivity contribution < 1.29 is 31.8 Å². The summed E-state index contributed by atoms with van der Waals surface area (Å²) in [4.78, 5) is 19.2. The fourth-order valence-electron chi connectivity index (χ4n) is 2.55. The molecule has 33 heavy (non-hydrogen) atoms. The number of benzene rings is 2. The van der Waals surface area contributed by atoms with Crippen LogP contribution >= 0.6 is 11.6 Å². The molecule has 0 bridgehead atoms. The Labute approximate surface area is 189 Å². The molecule has 2 aromatic carbocycles. The number of nitrogens with one attached hydrogen (secondary N) is 2. The van der Waals surface area contributed by atoms with Gasteiger partial charge in [-0.3, -0.25) is 0 Å². The number of hydrogen-bond acceptors (Lipinski definition) is 7. The van der Waals surface area contributed by atoms with Gasteiger partial charge in [0.25, 0.3) is 0 Å². The van der Waals surface area contributed by atoms with Crippen LogP contribution < -0.4 is 10.8 Å². The number of rotatable bonds is 7. The first-order valence-corrected chi connectivity index (χ1v) is 9.76. The highest BCUT2D eigenvalue weighted by molar-refractivity contribution is 6.31. The molecule has 1 heterocycles. The number of carbonyl (C=O) groups excluding carboxylic acids is 1. The van der Waals surface area contributed by atoms with Crippen LogP contribution in [-0.2, 0) is 22.6 Å². The molecular formula is C20H16ClF4N5O3. The third-order valence-electron chi connectivity index (χ3n) is 4.12. The van der Waals surface area contributed by atoms with Crippen molar-refractivity contribution in [2.45, 2.75) is 19.1 Å². The van der Waals surface area contributed by atoms with E-state index in [1.807, 2.05) is 35.8 Å². The second kappa shape index (κ2) is 10.9. The monoisotopic (exact) mass is 485 g/mol. The van der Waals surface area contributed by atoms with Crippen LogP contribution in [0, 0.1) is 5.82 Å². The molecule has 0 saturated carbocycles. The van der Waals surface area contributed by atoms with Crippen molar-refractivity contribution in [2.75, 3.05) is 6.54 Å². The van der Waals surface area contributed by atoms with Gasteiger partial charge in [0, 0.05) is 6.54 Å². The molecule has 3 rings (SSSR count). The largest absolute Gasteiger partial charge is 0.493 e. The first kappa shape index (κ1) is 24.1. The van der Waals surface area contributed by atoms with Gasteiger partial charge < -0.3 is 10.2 Å². The lowest BCUT2D eigenvalue weighted by molar-refractivity contribution is -0.203. The summed E-state index contributed by atoms with van der Waals surface area (Å²) in [7, 11) is 0. The maximum Gasteiger partial charge on any atom is 0.493 e. The third kappa shape index (κ3) is 6.99. The molecular weight excluding hydrogens is 470 g/mol. The van der Waals surface area contributed by atoms with Crippen molar-refractivity contribution >= 4 is 29.1 Å². The minimum Gasteiger partial charge on any atom is -0.333 e. The van der Waals surface area contributed by atoms with Crippen molar-refractivity contribution in [1.82, 2.24) is 21.1 Å². The highest BCUT2D eigenvalue weighted by Crippen LogP contribution is 2.23. The molecule has 1 aromatic heterocycles. The van der Waals surface area contributed by atoms with Crippen molar-refractivity contribution in [3.8, 4) is 0 Å². The van der Waals surface area contributed by atoms with Crippen molar-refractivity contribution in [1.29, 1.82) is 0 Å². The van der Waals surface area contributed by atoms with Crippen LogP contribution in [0.15, 0.2) is 58.2 Å². The molecule has 0 atom stereocenters. The number of alkyl halides is 3. The number of aliphatic imine (C=N–C) groups is 1. The van der Waals surface area contributed by atoms with E-state index in [0.29, 0.717) is 13.0 Å². The Balaban J connectivity index is 1.77. The molecule has 0 aliphatic heterocycles. The summed E-state index contributed by atoms with van der Waals surface area (Å²) in [6.07, 6.45) is -4.54. The number of nitrogens with zero attached hydrogens (tertiary/aromatic N) is 3. The Kier molecular flexibility index (Phi) is 7.96. The Morgan fingerprint density at radius 2 is 1.91 bits per heavy atom. The first-order valence-electron chi connectivity index (χ1n) is 9.38. The number of hydrogen-bond donors (Lipinski definition) is 2. The molecule has 0 amide bonds. The van der Waals surface area contributed by atoms with E-state index >= 15 is 0 Å². The van der Waals surface area contributed by atoms with Gasteiger partial charge in [-0.15, -0.1) is 0 Å². The zero-order chi connectivity index (χ0) is 23.8. The van der Waals surface area contributed by atoms with E-state index in [1.165, 1.54) is 6.07 Å². The maximum atomic E-state index is 13.4. The predicted molar refractivity (Wildman–Crippen MR) is 109 cm³/mol. The molecule has 8 nitrogen and oxygen atoms in total. The molecule has 0 aliphatic carbocycles. The summed E-state index contributed by atoms with van der Waals surface area (Å²) in [6, 6.07) is 13.0. The molecule has 0 saturated heterocycles. The second-order valence-electron chi connectivity index (χ2n) is 6.52. The molecule has 0 spiro atoms. The number of carbonyl (C=O) groups is 1. The molecule has 0 unspecified atom stereocenters. The first-order chi connectivity index (χ1) is 15.7. The Bertz CT molecular complexity index is 1120. The molecule has 2 N–H and O–H groups in total. The Morgan fingerprint density at radius 3 is 2.61 bits per heavy atom. The van der Waals surface area contributed by atoms with Crippen molar-refractivity contribution in [2.24, 2.45) is 4.99 Å². The van der Waals surface area contributed by atoms with E-state index < -0.39 is 23.8 Å². The SMILES string of the molecule is O=C(ONC(=Nc1ccc(F)c(Cl)c1)c1nonc1CNCCc1ccccc1)C(F)(F)F. The predicted octanol–water partition coefficient (Wildman–Crippen LogP) is 3.88. The van der Waals surface area contributed by atoms with Gasteiger partial charge in [-0.25, -0.2) is 18.8 Å². The summed E-state index contributed by atoms with van der Waals surface area (Å²) < 4.78 is 55.7. The quantitative estimate of drug-likeness (QED) is 0.172. The fourth-order valence-corrected chi connectivity index (χ4v) is 2.72. The molecule has 0 radical (unpaired) electrons. The Morgan fingerprint density at radius 1 is 1.15 bits per heavy atom. The minimum absolute atomic E-state index is 0.0398. The average molecular weight is 486 g/mol. The lowest BCUT2D eigenvalue weighted by atomic mass is 10.1. The molecule has 174 valence electrons. The van der Waals surface area contributed by atoms with Crippen molar-refractivity contribution in [3.63, 3.8) is 0 Å². The molecule has 0 aliphatic rings. The van der Waals surface area contributed by atoms with Gasteiger partial charge in [0.2, 0.25) is 0 Å². The number of halogens is 5. The van der Waals surface area contributed by atoms with E-state index in [1.54, 1.807) is 0 Å². The summed E-state index contributed by atoms with van der Waals surface area (Å²) in [5.74, 6) is -3.66. The van der Waals surface area contributed by atoms with Crippen LogP contribution in [0.3, 0.4) is 0 Å². The normalized spacial score (nSPS) is 12.0. The van der Waals surface area contributed by atoms with E-state index in [2.05, 4.69) is 30.1 Å². The third-order valence-corrected chi connectivity index (χ3v) is 4.41. The summed E-state index contributed by atoms with van der Waals surface area (Å²) in [5, 5.41) is 10.2. The number of amidine groups is 1. The zero-order valence-corrected chi connectivity index (χ0v) is 17.5. The smallest absolute Gasteiger partial charge is 0.333 e. The van der Waals surface area contributed by atoms with Gasteiger partial charge in [-0.2, -0.15) is 18.7 Å². The van der Waals surface area contributed by atoms with Crippen LogP contribution in [0.5, 0.6) is 0 Å². The van der Waals surface area contributed by atoms with E-state index in [4.69, 9.17) is 11.6 Å². The number of hydroxylamine groups is 1. The van der Waals surface area contributed by atoms with Gasteiger partial charge in [-0.1, -0.05) is 47.1 Å². The lowest BCUT2D eigenvalue weighted by Crippen LogP contribution is -2.35. The van der Waals surface area contributed by atoms with E-state index in [0.717, 1.165) is 17.7 Å². The summed E-state index contributed by atoms with van der Waals surface area (Å²) in [6.45, 7) is 0.663. The van der Waals surface area contributed by atoms with Gasteiger partial charge in [0.15, 0.2) is 11.5 Å². The molecule has 13 heteroatoms. The Hall–Kier alpha value is -3.51. The van der Waals surface area contributed by atoms with Crippen LogP contribution in [0.4, 0.5) is 23.2 Å². The second-order valence-corrected chi connectivity index (χ2v) is 6.93. The molecule has 3 aromatic rings. The maximum absolute atomic E-state index is 13.4. The topological polar surface area (TPSA) is 102 Å². The highest BCUT2D eigenvalue weighted by atomic mass is 35.5. The van der Waals surface area contributed by atoms with Gasteiger partial charge in [0.05, 0.1) is 10.7 Å². The molecule has 0 fully saturated rings. The van der Waals surface area contributed by atoms with Crippen LogP contribution in [0.1, 0.15) is 17.0 Å².